The summed E-state index contributed by atoms with van der Waals surface area (Å²) in [5.41, 5.74) is 6.59. The van der Waals surface area contributed by atoms with Gasteiger partial charge in [0.05, 0.1) is 24.2 Å². The molecule has 4 aromatic rings. The van der Waals surface area contributed by atoms with Gasteiger partial charge in [-0.25, -0.2) is 4.39 Å². The fourth-order valence-electron chi connectivity index (χ4n) is 7.67. The summed E-state index contributed by atoms with van der Waals surface area (Å²) in [6.07, 6.45) is 4.07. The fourth-order valence-corrected chi connectivity index (χ4v) is 7.67. The third-order valence-corrected chi connectivity index (χ3v) is 10.5. The molecule has 1 fully saturated rings. The smallest absolute Gasteiger partial charge is 0.251 e. The van der Waals surface area contributed by atoms with Crippen LogP contribution in [-0.4, -0.2) is 47.3 Å². The van der Waals surface area contributed by atoms with Crippen LogP contribution in [0.1, 0.15) is 82.0 Å². The van der Waals surface area contributed by atoms with Crippen LogP contribution >= 0.6 is 0 Å². The van der Waals surface area contributed by atoms with Crippen molar-refractivity contribution in [3.8, 4) is 0 Å². The van der Waals surface area contributed by atoms with Gasteiger partial charge in [-0.2, -0.15) is 0 Å². The van der Waals surface area contributed by atoms with Gasteiger partial charge < -0.3 is 26.2 Å². The van der Waals surface area contributed by atoms with Crippen molar-refractivity contribution in [3.05, 3.63) is 142 Å². The van der Waals surface area contributed by atoms with Gasteiger partial charge in [-0.05, 0) is 85.0 Å². The van der Waals surface area contributed by atoms with E-state index in [0.29, 0.717) is 37.1 Å². The molecular weight excluding hydrogens is 629 g/mol. The summed E-state index contributed by atoms with van der Waals surface area (Å²) in [4.78, 5) is 42.2. The average Bonchev–Trinajstić information content (AvgIpc) is 3.62. The molecule has 3 aliphatic rings. The highest BCUT2D eigenvalue weighted by atomic mass is 19.1. The highest BCUT2D eigenvalue weighted by Crippen LogP contribution is 2.30. The molecule has 258 valence electrons. The van der Waals surface area contributed by atoms with Gasteiger partial charge in [0.2, 0.25) is 11.8 Å². The molecule has 7 rings (SSSR count). The number of halogens is 1. The van der Waals surface area contributed by atoms with Crippen molar-refractivity contribution >= 4 is 17.7 Å². The SMILES string of the molecule is C[C@H](c1ccccc1F)N(Cc1ccc(C(=O)N[C@@H]2CN[C@H](C(=O)N[C@@H]3CCCc4ccccc43)C2)cc1)C(=O)C1Cc2ccccc2CN1. The lowest BCUT2D eigenvalue weighted by Gasteiger charge is -2.35. The molecule has 50 heavy (non-hydrogen) atoms. The molecule has 0 aromatic heterocycles. The van der Waals surface area contributed by atoms with E-state index in [1.54, 1.807) is 35.2 Å². The molecule has 1 aliphatic carbocycles. The minimum atomic E-state index is -0.515. The number of hydrogen-bond acceptors (Lipinski definition) is 5. The number of amides is 3. The van der Waals surface area contributed by atoms with Crippen molar-refractivity contribution < 1.29 is 18.8 Å². The van der Waals surface area contributed by atoms with Crippen LogP contribution in [0, 0.1) is 5.82 Å². The van der Waals surface area contributed by atoms with Crippen LogP contribution in [0.4, 0.5) is 4.39 Å². The van der Waals surface area contributed by atoms with Crippen molar-refractivity contribution in [2.45, 2.75) is 82.3 Å². The Morgan fingerprint density at radius 3 is 2.36 bits per heavy atom. The summed E-state index contributed by atoms with van der Waals surface area (Å²) >= 11 is 0. The summed E-state index contributed by atoms with van der Waals surface area (Å²) in [5.74, 6) is -0.711. The van der Waals surface area contributed by atoms with E-state index in [0.717, 1.165) is 30.4 Å². The minimum Gasteiger partial charge on any atom is -0.348 e. The Balaban J connectivity index is 0.982. The van der Waals surface area contributed by atoms with E-state index in [9.17, 15) is 18.8 Å². The van der Waals surface area contributed by atoms with E-state index in [2.05, 4.69) is 45.5 Å². The van der Waals surface area contributed by atoms with Crippen molar-refractivity contribution in [3.63, 3.8) is 0 Å². The van der Waals surface area contributed by atoms with Gasteiger partial charge in [0, 0.05) is 36.8 Å². The van der Waals surface area contributed by atoms with E-state index in [1.165, 1.54) is 22.8 Å². The second-order valence-corrected chi connectivity index (χ2v) is 13.8. The Kier molecular flexibility index (Phi) is 10.1. The molecule has 1 saturated heterocycles. The van der Waals surface area contributed by atoms with Gasteiger partial charge in [0.15, 0.2) is 0 Å². The maximum absolute atomic E-state index is 15.0. The Morgan fingerprint density at radius 1 is 0.840 bits per heavy atom. The predicted octanol–water partition coefficient (Wildman–Crippen LogP) is 5.28. The van der Waals surface area contributed by atoms with Crippen LogP contribution in [0.2, 0.25) is 0 Å². The number of fused-ring (bicyclic) bond motifs is 2. The summed E-state index contributed by atoms with van der Waals surface area (Å²) in [6.45, 7) is 3.21. The molecule has 0 spiro atoms. The van der Waals surface area contributed by atoms with Crippen molar-refractivity contribution in [2.24, 2.45) is 0 Å². The first kappa shape index (κ1) is 33.6. The van der Waals surface area contributed by atoms with Crippen LogP contribution in [0.15, 0.2) is 97.1 Å². The first-order chi connectivity index (χ1) is 24.3. The molecule has 4 aromatic carbocycles. The van der Waals surface area contributed by atoms with Crippen LogP contribution in [0.3, 0.4) is 0 Å². The summed E-state index contributed by atoms with van der Waals surface area (Å²) < 4.78 is 15.0. The standard InChI is InChI=1S/C41H44FN5O3/c1-26(33-13-6-7-15-35(33)42)47(41(50)38-21-30-10-2-3-11-31(30)23-43-38)25-27-17-19-29(20-18-27)39(48)45-32-22-37(44-24-32)40(49)46-36-16-8-12-28-9-4-5-14-34(28)36/h2-7,9-11,13-15,17-20,26,32,36-38,43-44H,8,12,16,21-25H2,1H3,(H,45,48)(H,46,49)/t26-,32+,36-,37+,38?/m1/s1. The van der Waals surface area contributed by atoms with Crippen LogP contribution < -0.4 is 21.3 Å². The van der Waals surface area contributed by atoms with Crippen LogP contribution in [0.5, 0.6) is 0 Å². The topological polar surface area (TPSA) is 103 Å². The van der Waals surface area contributed by atoms with Gasteiger partial charge >= 0.3 is 0 Å². The highest BCUT2D eigenvalue weighted by molar-refractivity contribution is 5.94. The second kappa shape index (κ2) is 14.9. The van der Waals surface area contributed by atoms with Crippen LogP contribution in [-0.2, 0) is 35.5 Å². The molecule has 0 bridgehead atoms. The Morgan fingerprint density at radius 2 is 1.56 bits per heavy atom. The average molecular weight is 674 g/mol. The number of carbonyl (C=O) groups is 3. The van der Waals surface area contributed by atoms with Gasteiger partial charge in [0.25, 0.3) is 5.91 Å². The molecule has 2 aliphatic heterocycles. The maximum Gasteiger partial charge on any atom is 0.251 e. The van der Waals surface area contributed by atoms with E-state index < -0.39 is 12.1 Å². The quantitative estimate of drug-likeness (QED) is 0.194. The molecule has 5 atom stereocenters. The van der Waals surface area contributed by atoms with Gasteiger partial charge in [0.1, 0.15) is 5.82 Å². The van der Waals surface area contributed by atoms with E-state index in [1.807, 2.05) is 43.3 Å². The first-order valence-corrected chi connectivity index (χ1v) is 17.7. The molecular formula is C41H44FN5O3. The minimum absolute atomic E-state index is 0.0120. The third-order valence-electron chi connectivity index (χ3n) is 10.5. The molecule has 8 nitrogen and oxygen atoms in total. The summed E-state index contributed by atoms with van der Waals surface area (Å²) in [5, 5.41) is 13.0. The molecule has 3 amide bonds. The monoisotopic (exact) mass is 673 g/mol. The van der Waals surface area contributed by atoms with Crippen LogP contribution in [0.25, 0.3) is 0 Å². The number of nitrogens with one attached hydrogen (secondary N) is 4. The van der Waals surface area contributed by atoms with Gasteiger partial charge in [-0.1, -0.05) is 78.9 Å². The van der Waals surface area contributed by atoms with Gasteiger partial charge in [-0.3, -0.25) is 14.4 Å². The van der Waals surface area contributed by atoms with Crippen molar-refractivity contribution in [2.75, 3.05) is 6.54 Å². The molecule has 0 radical (unpaired) electrons. The summed E-state index contributed by atoms with van der Waals surface area (Å²) in [6, 6.07) is 28.7. The van der Waals surface area contributed by atoms with E-state index >= 15 is 0 Å². The van der Waals surface area contributed by atoms with E-state index in [4.69, 9.17) is 0 Å². The van der Waals surface area contributed by atoms with Gasteiger partial charge in [-0.15, -0.1) is 0 Å². The number of aryl methyl sites for hydroxylation is 1. The predicted molar refractivity (Wildman–Crippen MR) is 191 cm³/mol. The maximum atomic E-state index is 15.0. The number of rotatable bonds is 9. The largest absolute Gasteiger partial charge is 0.348 e. The zero-order valence-electron chi connectivity index (χ0n) is 28.3. The van der Waals surface area contributed by atoms with E-state index in [-0.39, 0.29) is 48.2 Å². The molecule has 4 N–H and O–H groups in total. The lowest BCUT2D eigenvalue weighted by atomic mass is 9.87. The third kappa shape index (κ3) is 7.34. The molecule has 9 heteroatoms. The Hall–Kier alpha value is -4.86. The highest BCUT2D eigenvalue weighted by Gasteiger charge is 2.34. The Bertz CT molecular complexity index is 1860. The number of hydrogen-bond donors (Lipinski definition) is 4. The zero-order chi connectivity index (χ0) is 34.6. The first-order valence-electron chi connectivity index (χ1n) is 17.7. The number of carbonyl (C=O) groups excluding carboxylic acids is 3. The Labute approximate surface area is 292 Å². The normalized spacial score (nSPS) is 21.7. The molecule has 0 saturated carbocycles. The molecule has 2 heterocycles. The fraction of sp³-hybridized carbons (Fsp3) is 0.341. The van der Waals surface area contributed by atoms with Crippen molar-refractivity contribution in [1.29, 1.82) is 0 Å². The lowest BCUT2D eigenvalue weighted by molar-refractivity contribution is -0.136. The molecule has 1 unspecified atom stereocenters. The lowest BCUT2D eigenvalue weighted by Crippen LogP contribution is -2.50. The number of benzene rings is 4. The second-order valence-electron chi connectivity index (χ2n) is 13.8. The number of nitrogens with zero attached hydrogens (tertiary/aromatic N) is 1. The van der Waals surface area contributed by atoms with Crippen molar-refractivity contribution in [1.82, 2.24) is 26.2 Å². The summed E-state index contributed by atoms with van der Waals surface area (Å²) in [7, 11) is 0. The zero-order valence-corrected chi connectivity index (χ0v) is 28.3.